The molecule has 1 aliphatic heterocycles. The molecule has 1 aliphatic rings. The minimum atomic E-state index is -0.374. The van der Waals surface area contributed by atoms with Gasteiger partial charge in [0.05, 0.1) is 13.2 Å². The maximum absolute atomic E-state index is 11.3. The van der Waals surface area contributed by atoms with Crippen molar-refractivity contribution in [2.45, 2.75) is 12.6 Å². The van der Waals surface area contributed by atoms with Gasteiger partial charge in [-0.2, -0.15) is 0 Å². The second-order valence-electron chi connectivity index (χ2n) is 3.55. The standard InChI is InChI=1S/C11H13NO3/c13-8-10-7-12(11(14)15-10)6-9-4-2-1-3-5-9/h1-5,10,13H,6-8H2/t10-/m0/s1. The van der Waals surface area contributed by atoms with E-state index in [4.69, 9.17) is 9.84 Å². The lowest BCUT2D eigenvalue weighted by Gasteiger charge is -2.12. The van der Waals surface area contributed by atoms with Crippen LogP contribution in [0.1, 0.15) is 5.56 Å². The molecule has 0 radical (unpaired) electrons. The van der Waals surface area contributed by atoms with Gasteiger partial charge < -0.3 is 14.7 Å². The highest BCUT2D eigenvalue weighted by molar-refractivity contribution is 5.69. The summed E-state index contributed by atoms with van der Waals surface area (Å²) in [6.07, 6.45) is -0.723. The Hall–Kier alpha value is -1.55. The average molecular weight is 207 g/mol. The summed E-state index contributed by atoms with van der Waals surface area (Å²) in [6.45, 7) is 0.886. The van der Waals surface area contributed by atoms with Crippen LogP contribution in [-0.4, -0.2) is 35.4 Å². The van der Waals surface area contributed by atoms with Crippen LogP contribution in [0.2, 0.25) is 0 Å². The van der Waals surface area contributed by atoms with Crippen LogP contribution in [0.25, 0.3) is 0 Å². The molecule has 80 valence electrons. The van der Waals surface area contributed by atoms with Crippen LogP contribution >= 0.6 is 0 Å². The fourth-order valence-electron chi connectivity index (χ4n) is 1.60. The summed E-state index contributed by atoms with van der Waals surface area (Å²) < 4.78 is 4.93. The number of nitrogens with zero attached hydrogens (tertiary/aromatic N) is 1. The molecule has 4 heteroatoms. The van der Waals surface area contributed by atoms with Crippen LogP contribution < -0.4 is 0 Å². The summed E-state index contributed by atoms with van der Waals surface area (Å²) in [5.74, 6) is 0. The van der Waals surface area contributed by atoms with Crippen LogP contribution in [0.15, 0.2) is 30.3 Å². The van der Waals surface area contributed by atoms with Gasteiger partial charge in [0.15, 0.2) is 0 Å². The van der Waals surface area contributed by atoms with Gasteiger partial charge in [-0.25, -0.2) is 4.79 Å². The molecule has 1 atom stereocenters. The lowest BCUT2D eigenvalue weighted by atomic mass is 10.2. The predicted octanol–water partition coefficient (Wildman–Crippen LogP) is 1.000. The minimum absolute atomic E-state index is 0.114. The van der Waals surface area contributed by atoms with Crippen molar-refractivity contribution in [1.82, 2.24) is 4.90 Å². The summed E-state index contributed by atoms with van der Waals surface area (Å²) in [6, 6.07) is 9.71. The van der Waals surface area contributed by atoms with Crippen LogP contribution in [0.4, 0.5) is 4.79 Å². The Labute approximate surface area is 88.1 Å². The quantitative estimate of drug-likeness (QED) is 0.804. The molecule has 0 unspecified atom stereocenters. The molecule has 4 nitrogen and oxygen atoms in total. The van der Waals surface area contributed by atoms with Crippen molar-refractivity contribution in [1.29, 1.82) is 0 Å². The monoisotopic (exact) mass is 207 g/mol. The number of amides is 1. The number of aliphatic hydroxyl groups is 1. The molecule has 1 aromatic carbocycles. The average Bonchev–Trinajstić information content (AvgIpc) is 2.61. The van der Waals surface area contributed by atoms with E-state index >= 15 is 0 Å². The summed E-state index contributed by atoms with van der Waals surface area (Å²) in [7, 11) is 0. The number of aliphatic hydroxyl groups excluding tert-OH is 1. The zero-order chi connectivity index (χ0) is 10.7. The van der Waals surface area contributed by atoms with E-state index in [1.54, 1.807) is 4.90 Å². The van der Waals surface area contributed by atoms with Gasteiger partial charge in [0.2, 0.25) is 0 Å². The molecule has 1 heterocycles. The lowest BCUT2D eigenvalue weighted by molar-refractivity contribution is 0.0947. The normalized spacial score (nSPS) is 20.5. The topological polar surface area (TPSA) is 49.8 Å². The van der Waals surface area contributed by atoms with Gasteiger partial charge in [0.25, 0.3) is 0 Å². The van der Waals surface area contributed by atoms with E-state index in [-0.39, 0.29) is 18.8 Å². The van der Waals surface area contributed by atoms with Crippen molar-refractivity contribution >= 4 is 6.09 Å². The number of hydrogen-bond donors (Lipinski definition) is 1. The molecule has 0 saturated carbocycles. The Kier molecular flexibility index (Phi) is 2.87. The van der Waals surface area contributed by atoms with Crippen LogP contribution in [0.5, 0.6) is 0 Å². The number of cyclic esters (lactones) is 1. The number of carbonyl (C=O) groups is 1. The third-order valence-electron chi connectivity index (χ3n) is 2.37. The molecule has 1 aromatic rings. The molecule has 0 spiro atoms. The number of ether oxygens (including phenoxy) is 1. The van der Waals surface area contributed by atoms with Gasteiger partial charge in [-0.3, -0.25) is 0 Å². The zero-order valence-electron chi connectivity index (χ0n) is 8.30. The number of hydrogen-bond acceptors (Lipinski definition) is 3. The van der Waals surface area contributed by atoms with E-state index in [2.05, 4.69) is 0 Å². The first-order valence-corrected chi connectivity index (χ1v) is 4.90. The summed E-state index contributed by atoms with van der Waals surface area (Å²) in [5.41, 5.74) is 1.06. The molecular formula is C11H13NO3. The van der Waals surface area contributed by atoms with E-state index in [0.717, 1.165) is 5.56 Å². The van der Waals surface area contributed by atoms with Crippen molar-refractivity contribution in [3.63, 3.8) is 0 Å². The molecule has 0 aliphatic carbocycles. The minimum Gasteiger partial charge on any atom is -0.442 e. The van der Waals surface area contributed by atoms with Crippen molar-refractivity contribution in [3.05, 3.63) is 35.9 Å². The van der Waals surface area contributed by atoms with E-state index in [9.17, 15) is 4.79 Å². The SMILES string of the molecule is O=C1O[C@H](CO)CN1Cc1ccccc1. The fraction of sp³-hybridized carbons (Fsp3) is 0.364. The zero-order valence-corrected chi connectivity index (χ0v) is 8.30. The first kappa shape index (κ1) is 9.98. The van der Waals surface area contributed by atoms with Gasteiger partial charge >= 0.3 is 6.09 Å². The highest BCUT2D eigenvalue weighted by Crippen LogP contribution is 2.14. The maximum Gasteiger partial charge on any atom is 0.410 e. The maximum atomic E-state index is 11.3. The molecule has 1 amide bonds. The summed E-state index contributed by atoms with van der Waals surface area (Å²) >= 11 is 0. The predicted molar refractivity (Wildman–Crippen MR) is 54.2 cm³/mol. The van der Waals surface area contributed by atoms with Crippen LogP contribution in [-0.2, 0) is 11.3 Å². The highest BCUT2D eigenvalue weighted by Gasteiger charge is 2.30. The Morgan fingerprint density at radius 2 is 2.13 bits per heavy atom. The molecular weight excluding hydrogens is 194 g/mol. The van der Waals surface area contributed by atoms with Crippen molar-refractivity contribution in [2.24, 2.45) is 0 Å². The fourth-order valence-corrected chi connectivity index (χ4v) is 1.60. The number of benzene rings is 1. The third-order valence-corrected chi connectivity index (χ3v) is 2.37. The number of carbonyl (C=O) groups excluding carboxylic acids is 1. The molecule has 0 bridgehead atoms. The first-order valence-electron chi connectivity index (χ1n) is 4.90. The first-order chi connectivity index (χ1) is 7.29. The molecule has 1 fully saturated rings. The second-order valence-corrected chi connectivity index (χ2v) is 3.55. The molecule has 1 N–H and O–H groups in total. The Morgan fingerprint density at radius 1 is 1.40 bits per heavy atom. The molecule has 0 aromatic heterocycles. The van der Waals surface area contributed by atoms with Gasteiger partial charge in [0.1, 0.15) is 6.10 Å². The Morgan fingerprint density at radius 3 is 2.73 bits per heavy atom. The van der Waals surface area contributed by atoms with E-state index in [0.29, 0.717) is 13.1 Å². The van der Waals surface area contributed by atoms with Crippen molar-refractivity contribution in [3.8, 4) is 0 Å². The van der Waals surface area contributed by atoms with E-state index in [1.165, 1.54) is 0 Å². The largest absolute Gasteiger partial charge is 0.442 e. The van der Waals surface area contributed by atoms with Gasteiger partial charge in [-0.15, -0.1) is 0 Å². The van der Waals surface area contributed by atoms with Crippen LogP contribution in [0.3, 0.4) is 0 Å². The van der Waals surface area contributed by atoms with E-state index in [1.807, 2.05) is 30.3 Å². The summed E-state index contributed by atoms with van der Waals surface area (Å²) in [5, 5.41) is 8.86. The molecule has 1 saturated heterocycles. The van der Waals surface area contributed by atoms with E-state index < -0.39 is 0 Å². The Bertz CT molecular complexity index is 339. The number of rotatable bonds is 3. The lowest BCUT2D eigenvalue weighted by Crippen LogP contribution is -2.25. The highest BCUT2D eigenvalue weighted by atomic mass is 16.6. The Balaban J connectivity index is 1.99. The van der Waals surface area contributed by atoms with Gasteiger partial charge in [-0.05, 0) is 5.56 Å². The smallest absolute Gasteiger partial charge is 0.410 e. The molecule has 2 rings (SSSR count). The third kappa shape index (κ3) is 2.27. The van der Waals surface area contributed by atoms with Crippen molar-refractivity contribution < 1.29 is 14.6 Å². The van der Waals surface area contributed by atoms with Gasteiger partial charge in [0, 0.05) is 6.54 Å². The van der Waals surface area contributed by atoms with Gasteiger partial charge in [-0.1, -0.05) is 30.3 Å². The van der Waals surface area contributed by atoms with Crippen LogP contribution in [0, 0.1) is 0 Å². The second kappa shape index (κ2) is 4.31. The van der Waals surface area contributed by atoms with Crippen molar-refractivity contribution in [2.75, 3.05) is 13.2 Å². The summed E-state index contributed by atoms with van der Waals surface area (Å²) in [4.78, 5) is 12.9. The molecule has 15 heavy (non-hydrogen) atoms.